The first-order valence-corrected chi connectivity index (χ1v) is 9.78. The zero-order valence-electron chi connectivity index (χ0n) is 11.7. The van der Waals surface area contributed by atoms with Crippen LogP contribution in [0.15, 0.2) is 0 Å². The van der Waals surface area contributed by atoms with Crippen molar-refractivity contribution in [2.75, 3.05) is 19.3 Å². The Bertz CT molecular complexity index is 365. The summed E-state index contributed by atoms with van der Waals surface area (Å²) in [6, 6.07) is 0. The van der Waals surface area contributed by atoms with E-state index in [1.807, 2.05) is 6.26 Å². The van der Waals surface area contributed by atoms with Crippen molar-refractivity contribution < 1.29 is 4.55 Å². The Morgan fingerprint density at radius 1 is 1.16 bits per heavy atom. The number of nitrogens with one attached hydrogen (secondary N) is 1. The Morgan fingerprint density at radius 2 is 1.84 bits per heavy atom. The second kappa shape index (κ2) is 4.28. The molecular weight excluding hydrogens is 278 g/mol. The van der Waals surface area contributed by atoms with Gasteiger partial charge >= 0.3 is 0 Å². The molecule has 5 rings (SSSR count). The van der Waals surface area contributed by atoms with Gasteiger partial charge in [0, 0.05) is 17.7 Å². The van der Waals surface area contributed by atoms with E-state index in [4.69, 9.17) is 11.6 Å². The van der Waals surface area contributed by atoms with Gasteiger partial charge < -0.3 is 9.87 Å². The highest BCUT2D eigenvalue weighted by atomic mass is 35.5. The van der Waals surface area contributed by atoms with E-state index >= 15 is 0 Å². The largest absolute Gasteiger partial charge is 0.616 e. The molecule has 1 N–H and O–H groups in total. The molecule has 5 aliphatic rings. The molecule has 2 nitrogen and oxygen atoms in total. The topological polar surface area (TPSA) is 35.1 Å². The molecule has 4 heteroatoms. The summed E-state index contributed by atoms with van der Waals surface area (Å²) in [5.41, 5.74) is 1.27. The lowest BCUT2D eigenvalue weighted by molar-refractivity contribution is -0.273. The van der Waals surface area contributed by atoms with Crippen LogP contribution in [0.25, 0.3) is 0 Å². The van der Waals surface area contributed by atoms with E-state index in [1.54, 1.807) is 0 Å². The summed E-state index contributed by atoms with van der Waals surface area (Å²) in [5.74, 6) is 1.65. The van der Waals surface area contributed by atoms with Crippen LogP contribution in [-0.4, -0.2) is 34.5 Å². The van der Waals surface area contributed by atoms with Gasteiger partial charge in [0.15, 0.2) is 0 Å². The Kier molecular flexibility index (Phi) is 2.98. The van der Waals surface area contributed by atoms with Gasteiger partial charge in [-0.05, 0) is 61.9 Å². The lowest BCUT2D eigenvalue weighted by Crippen LogP contribution is -2.73. The minimum absolute atomic E-state index is 0.266. The molecule has 0 spiro atoms. The summed E-state index contributed by atoms with van der Waals surface area (Å²) in [5, 5.41) is 4.05. The molecule has 19 heavy (non-hydrogen) atoms. The molecule has 0 aromatic rings. The molecule has 0 aromatic carbocycles. The van der Waals surface area contributed by atoms with E-state index in [0.717, 1.165) is 18.8 Å². The summed E-state index contributed by atoms with van der Waals surface area (Å²) in [6.07, 6.45) is 9.52. The molecule has 108 valence electrons. The van der Waals surface area contributed by atoms with Crippen molar-refractivity contribution in [2.45, 2.75) is 49.2 Å². The monoisotopic (exact) mass is 301 g/mol. The fourth-order valence-electron chi connectivity index (χ4n) is 5.64. The molecule has 4 saturated carbocycles. The van der Waals surface area contributed by atoms with Gasteiger partial charge in [0.1, 0.15) is 5.25 Å². The maximum atomic E-state index is 12.1. The second-order valence-electron chi connectivity index (χ2n) is 7.66. The summed E-state index contributed by atoms with van der Waals surface area (Å²) >= 11 is 5.61. The van der Waals surface area contributed by atoms with Crippen LogP contribution in [0.5, 0.6) is 0 Å². The Balaban J connectivity index is 1.45. The van der Waals surface area contributed by atoms with Crippen LogP contribution < -0.4 is 5.32 Å². The van der Waals surface area contributed by atoms with Gasteiger partial charge in [0.2, 0.25) is 0 Å². The molecule has 0 amide bonds. The predicted molar refractivity (Wildman–Crippen MR) is 79.9 cm³/mol. The van der Waals surface area contributed by atoms with Gasteiger partial charge in [0.25, 0.3) is 0 Å². The fourth-order valence-corrected chi connectivity index (χ4v) is 7.46. The zero-order valence-corrected chi connectivity index (χ0v) is 13.2. The van der Waals surface area contributed by atoms with Crippen LogP contribution in [0, 0.1) is 22.7 Å². The van der Waals surface area contributed by atoms with Crippen LogP contribution in [0.3, 0.4) is 0 Å². The van der Waals surface area contributed by atoms with Crippen molar-refractivity contribution in [3.8, 4) is 0 Å². The zero-order chi connectivity index (χ0) is 13.3. The fraction of sp³-hybridized carbons (Fsp3) is 1.00. The van der Waals surface area contributed by atoms with Crippen LogP contribution in [0.2, 0.25) is 0 Å². The number of rotatable bonds is 3. The van der Waals surface area contributed by atoms with Crippen molar-refractivity contribution in [1.82, 2.24) is 5.32 Å². The first-order chi connectivity index (χ1) is 9.05. The highest BCUT2D eigenvalue weighted by molar-refractivity contribution is 7.91. The van der Waals surface area contributed by atoms with Gasteiger partial charge in [-0.25, -0.2) is 0 Å². The van der Waals surface area contributed by atoms with E-state index in [9.17, 15) is 4.55 Å². The molecule has 0 radical (unpaired) electrons. The number of halogens is 1. The third-order valence-corrected chi connectivity index (χ3v) is 8.47. The molecule has 2 bridgehead atoms. The van der Waals surface area contributed by atoms with E-state index in [1.165, 1.54) is 38.8 Å². The predicted octanol–water partition coefficient (Wildman–Crippen LogP) is 2.53. The third-order valence-electron chi connectivity index (χ3n) is 6.70. The number of alkyl halides is 1. The molecule has 1 heterocycles. The lowest BCUT2D eigenvalue weighted by atomic mass is 9.28. The number of hydrogen-bond acceptors (Lipinski definition) is 2. The standard InChI is InChI=1S/C15H24ClNOS/c1-19(18)13-4-11(16)2-3-12(13)15-7-14(8-15,9-15)10-5-17-6-10/h10-13,17H,2-9H2,1H3. The average Bonchev–Trinajstić information content (AvgIpc) is 2.18. The number of hydrogen-bond donors (Lipinski definition) is 1. The molecule has 4 atom stereocenters. The maximum absolute atomic E-state index is 12.1. The molecule has 5 fully saturated rings. The smallest absolute Gasteiger partial charge is 0.120 e. The van der Waals surface area contributed by atoms with Gasteiger partial charge in [-0.15, -0.1) is 11.6 Å². The lowest BCUT2D eigenvalue weighted by Gasteiger charge is -2.78. The van der Waals surface area contributed by atoms with Crippen LogP contribution in [0.1, 0.15) is 38.5 Å². The quantitative estimate of drug-likeness (QED) is 0.642. The van der Waals surface area contributed by atoms with E-state index < -0.39 is 11.2 Å². The summed E-state index contributed by atoms with van der Waals surface area (Å²) in [7, 11) is 0. The van der Waals surface area contributed by atoms with E-state index in [-0.39, 0.29) is 5.38 Å². The van der Waals surface area contributed by atoms with Crippen molar-refractivity contribution in [1.29, 1.82) is 0 Å². The van der Waals surface area contributed by atoms with Crippen LogP contribution >= 0.6 is 11.6 Å². The Labute approximate surface area is 124 Å². The van der Waals surface area contributed by atoms with Gasteiger partial charge in [-0.2, -0.15) is 0 Å². The molecule has 4 aliphatic carbocycles. The highest BCUT2D eigenvalue weighted by Crippen LogP contribution is 2.80. The van der Waals surface area contributed by atoms with Crippen molar-refractivity contribution in [2.24, 2.45) is 22.7 Å². The molecular formula is C15H24ClNOS. The molecule has 1 aliphatic heterocycles. The highest BCUT2D eigenvalue weighted by Gasteiger charge is 2.74. The Morgan fingerprint density at radius 3 is 2.37 bits per heavy atom. The average molecular weight is 302 g/mol. The van der Waals surface area contributed by atoms with Crippen LogP contribution in [-0.2, 0) is 11.2 Å². The first-order valence-electron chi connectivity index (χ1n) is 7.72. The summed E-state index contributed by atoms with van der Waals surface area (Å²) in [6.45, 7) is 2.49. The minimum Gasteiger partial charge on any atom is -0.616 e. The van der Waals surface area contributed by atoms with Gasteiger partial charge in [-0.1, -0.05) is 11.2 Å². The van der Waals surface area contributed by atoms with Gasteiger partial charge in [-0.3, -0.25) is 0 Å². The van der Waals surface area contributed by atoms with Crippen molar-refractivity contribution in [3.05, 3.63) is 0 Å². The SMILES string of the molecule is C[S+]([O-])C1CC(Cl)CCC1C12CC(C3CNC3)(C1)C2. The summed E-state index contributed by atoms with van der Waals surface area (Å²) < 4.78 is 12.1. The van der Waals surface area contributed by atoms with E-state index in [2.05, 4.69) is 5.32 Å². The second-order valence-corrected chi connectivity index (χ2v) is 9.88. The minimum atomic E-state index is -0.701. The Hall–Kier alpha value is 0.560. The van der Waals surface area contributed by atoms with Crippen molar-refractivity contribution in [3.63, 3.8) is 0 Å². The maximum Gasteiger partial charge on any atom is 0.120 e. The normalized spacial score (nSPS) is 54.8. The van der Waals surface area contributed by atoms with Crippen LogP contribution in [0.4, 0.5) is 0 Å². The third kappa shape index (κ3) is 1.77. The molecule has 0 aromatic heterocycles. The molecule has 4 unspecified atom stereocenters. The molecule has 1 saturated heterocycles. The van der Waals surface area contributed by atoms with Crippen molar-refractivity contribution >= 4 is 22.8 Å². The van der Waals surface area contributed by atoms with Gasteiger partial charge in [0.05, 0.1) is 6.26 Å². The summed E-state index contributed by atoms with van der Waals surface area (Å²) in [4.78, 5) is 0. The van der Waals surface area contributed by atoms with E-state index in [0.29, 0.717) is 22.0 Å². The first kappa shape index (κ1) is 13.2.